The smallest absolute Gasteiger partial charge is 0.0351 e. The zero-order valence-electron chi connectivity index (χ0n) is 11.2. The quantitative estimate of drug-likeness (QED) is 0.629. The highest BCUT2D eigenvalue weighted by atomic mass is 35.5. The van der Waals surface area contributed by atoms with Crippen LogP contribution < -0.4 is 0 Å². The fourth-order valence-corrected chi connectivity index (χ4v) is 3.40. The lowest BCUT2D eigenvalue weighted by Gasteiger charge is -2.29. The number of hydrogen-bond acceptors (Lipinski definition) is 2. The Balaban J connectivity index is 2.64. The third-order valence-corrected chi connectivity index (χ3v) is 4.64. The first-order valence-corrected chi connectivity index (χ1v) is 7.97. The SMILES string of the molecule is CCc1ccc(CN(CCCl)C(CC)CC)s1. The first kappa shape index (κ1) is 15.0. The second kappa shape index (κ2) is 8.12. The van der Waals surface area contributed by atoms with Gasteiger partial charge in [-0.1, -0.05) is 20.8 Å². The van der Waals surface area contributed by atoms with E-state index in [0.29, 0.717) is 6.04 Å². The van der Waals surface area contributed by atoms with Gasteiger partial charge >= 0.3 is 0 Å². The molecule has 0 saturated heterocycles. The van der Waals surface area contributed by atoms with Crippen LogP contribution in [0.3, 0.4) is 0 Å². The van der Waals surface area contributed by atoms with Crippen molar-refractivity contribution >= 4 is 22.9 Å². The summed E-state index contributed by atoms with van der Waals surface area (Å²) in [6, 6.07) is 5.19. The minimum Gasteiger partial charge on any atom is -0.294 e. The predicted molar refractivity (Wildman–Crippen MR) is 79.2 cm³/mol. The lowest BCUT2D eigenvalue weighted by molar-refractivity contribution is 0.190. The molecular formula is C14H24ClNS. The van der Waals surface area contributed by atoms with Gasteiger partial charge in [0.15, 0.2) is 0 Å². The Kier molecular flexibility index (Phi) is 7.17. The van der Waals surface area contributed by atoms with E-state index in [0.717, 1.165) is 25.4 Å². The van der Waals surface area contributed by atoms with Crippen LogP contribution in [0.5, 0.6) is 0 Å². The molecule has 0 fully saturated rings. The molecule has 0 N–H and O–H groups in total. The number of thiophene rings is 1. The molecule has 0 aliphatic rings. The van der Waals surface area contributed by atoms with Crippen molar-refractivity contribution in [1.29, 1.82) is 0 Å². The Bertz CT molecular complexity index is 307. The van der Waals surface area contributed by atoms with Crippen LogP contribution in [0.25, 0.3) is 0 Å². The molecule has 98 valence electrons. The Morgan fingerprint density at radius 1 is 1.18 bits per heavy atom. The van der Waals surface area contributed by atoms with Crippen molar-refractivity contribution in [3.05, 3.63) is 21.9 Å². The molecule has 1 rings (SSSR count). The van der Waals surface area contributed by atoms with Gasteiger partial charge in [0.1, 0.15) is 0 Å². The van der Waals surface area contributed by atoms with E-state index >= 15 is 0 Å². The standard InChI is InChI=1S/C14H24ClNS/c1-4-12(5-2)16(10-9-15)11-14-8-7-13(6-3)17-14/h7-8,12H,4-6,9-11H2,1-3H3. The third-order valence-electron chi connectivity index (χ3n) is 3.26. The van der Waals surface area contributed by atoms with Crippen LogP contribution in [0.15, 0.2) is 12.1 Å². The van der Waals surface area contributed by atoms with Gasteiger partial charge in [0.2, 0.25) is 0 Å². The summed E-state index contributed by atoms with van der Waals surface area (Å²) in [6.45, 7) is 8.80. The fourth-order valence-electron chi connectivity index (χ4n) is 2.20. The second-order valence-electron chi connectivity index (χ2n) is 4.35. The van der Waals surface area contributed by atoms with E-state index in [2.05, 4.69) is 37.8 Å². The van der Waals surface area contributed by atoms with Crippen LogP contribution in [-0.4, -0.2) is 23.4 Å². The lowest BCUT2D eigenvalue weighted by atomic mass is 10.1. The topological polar surface area (TPSA) is 3.24 Å². The van der Waals surface area contributed by atoms with E-state index in [9.17, 15) is 0 Å². The number of nitrogens with zero attached hydrogens (tertiary/aromatic N) is 1. The van der Waals surface area contributed by atoms with Crippen LogP contribution in [-0.2, 0) is 13.0 Å². The number of alkyl halides is 1. The van der Waals surface area contributed by atoms with Crippen molar-refractivity contribution in [2.75, 3.05) is 12.4 Å². The van der Waals surface area contributed by atoms with Gasteiger partial charge in [-0.3, -0.25) is 4.90 Å². The number of rotatable bonds is 8. The maximum Gasteiger partial charge on any atom is 0.0351 e. The molecule has 1 aromatic heterocycles. The van der Waals surface area contributed by atoms with Gasteiger partial charge in [0.25, 0.3) is 0 Å². The normalized spacial score (nSPS) is 11.6. The van der Waals surface area contributed by atoms with Gasteiger partial charge in [0, 0.05) is 34.8 Å². The summed E-state index contributed by atoms with van der Waals surface area (Å²) in [5, 5.41) is 0. The minimum atomic E-state index is 0.668. The van der Waals surface area contributed by atoms with Crippen molar-refractivity contribution in [2.45, 2.75) is 52.6 Å². The highest BCUT2D eigenvalue weighted by molar-refractivity contribution is 7.11. The average Bonchev–Trinajstić information content (AvgIpc) is 2.78. The molecular weight excluding hydrogens is 250 g/mol. The molecule has 0 aromatic carbocycles. The van der Waals surface area contributed by atoms with E-state index < -0.39 is 0 Å². The number of aryl methyl sites for hydroxylation is 1. The lowest BCUT2D eigenvalue weighted by Crippen LogP contribution is -2.35. The highest BCUT2D eigenvalue weighted by Crippen LogP contribution is 2.21. The van der Waals surface area contributed by atoms with Crippen LogP contribution in [0, 0.1) is 0 Å². The Hall–Kier alpha value is -0.0500. The molecule has 17 heavy (non-hydrogen) atoms. The molecule has 1 aromatic rings. The maximum absolute atomic E-state index is 5.91. The van der Waals surface area contributed by atoms with E-state index in [1.54, 1.807) is 0 Å². The minimum absolute atomic E-state index is 0.668. The van der Waals surface area contributed by atoms with E-state index in [1.807, 2.05) is 11.3 Å². The van der Waals surface area contributed by atoms with Crippen molar-refractivity contribution < 1.29 is 0 Å². The van der Waals surface area contributed by atoms with Crippen molar-refractivity contribution in [2.24, 2.45) is 0 Å². The molecule has 0 unspecified atom stereocenters. The molecule has 0 radical (unpaired) electrons. The fraction of sp³-hybridized carbons (Fsp3) is 0.714. The van der Waals surface area contributed by atoms with Crippen LogP contribution >= 0.6 is 22.9 Å². The first-order chi connectivity index (χ1) is 8.24. The summed E-state index contributed by atoms with van der Waals surface area (Å²) in [6.07, 6.45) is 3.56. The molecule has 0 aliphatic carbocycles. The second-order valence-corrected chi connectivity index (χ2v) is 5.98. The summed E-state index contributed by atoms with van der Waals surface area (Å²) in [5.41, 5.74) is 0. The molecule has 1 heterocycles. The Morgan fingerprint density at radius 3 is 2.29 bits per heavy atom. The molecule has 0 spiro atoms. The Morgan fingerprint density at radius 2 is 1.82 bits per heavy atom. The first-order valence-electron chi connectivity index (χ1n) is 6.62. The predicted octanol–water partition coefficient (Wildman–Crippen LogP) is 4.54. The van der Waals surface area contributed by atoms with Gasteiger partial charge in [-0.25, -0.2) is 0 Å². The zero-order chi connectivity index (χ0) is 12.7. The van der Waals surface area contributed by atoms with Crippen LogP contribution in [0.4, 0.5) is 0 Å². The van der Waals surface area contributed by atoms with Crippen LogP contribution in [0.2, 0.25) is 0 Å². The van der Waals surface area contributed by atoms with Crippen LogP contribution in [0.1, 0.15) is 43.4 Å². The molecule has 0 atom stereocenters. The molecule has 0 bridgehead atoms. The van der Waals surface area contributed by atoms with E-state index in [4.69, 9.17) is 11.6 Å². The summed E-state index contributed by atoms with van der Waals surface area (Å²) >= 11 is 7.86. The van der Waals surface area contributed by atoms with Gasteiger partial charge < -0.3 is 0 Å². The van der Waals surface area contributed by atoms with Crippen molar-refractivity contribution in [1.82, 2.24) is 4.90 Å². The molecule has 0 amide bonds. The highest BCUT2D eigenvalue weighted by Gasteiger charge is 2.15. The van der Waals surface area contributed by atoms with E-state index in [-0.39, 0.29) is 0 Å². The van der Waals surface area contributed by atoms with Crippen molar-refractivity contribution in [3.63, 3.8) is 0 Å². The summed E-state index contributed by atoms with van der Waals surface area (Å²) in [7, 11) is 0. The summed E-state index contributed by atoms with van der Waals surface area (Å²) < 4.78 is 0. The number of halogens is 1. The van der Waals surface area contributed by atoms with E-state index in [1.165, 1.54) is 22.6 Å². The van der Waals surface area contributed by atoms with Gasteiger partial charge in [0.05, 0.1) is 0 Å². The number of hydrogen-bond donors (Lipinski definition) is 0. The summed E-state index contributed by atoms with van der Waals surface area (Å²) in [5.74, 6) is 0.725. The molecule has 0 aliphatic heterocycles. The van der Waals surface area contributed by atoms with Gasteiger partial charge in [-0.05, 0) is 31.4 Å². The largest absolute Gasteiger partial charge is 0.294 e. The maximum atomic E-state index is 5.91. The molecule has 1 nitrogen and oxygen atoms in total. The third kappa shape index (κ3) is 4.61. The molecule has 3 heteroatoms. The zero-order valence-corrected chi connectivity index (χ0v) is 12.8. The van der Waals surface area contributed by atoms with Crippen molar-refractivity contribution in [3.8, 4) is 0 Å². The molecule has 0 saturated carbocycles. The Labute approximate surface area is 115 Å². The monoisotopic (exact) mass is 273 g/mol. The van der Waals surface area contributed by atoms with Gasteiger partial charge in [-0.15, -0.1) is 22.9 Å². The average molecular weight is 274 g/mol. The summed E-state index contributed by atoms with van der Waals surface area (Å²) in [4.78, 5) is 5.48. The van der Waals surface area contributed by atoms with Gasteiger partial charge in [-0.2, -0.15) is 0 Å².